The van der Waals surface area contributed by atoms with Crippen LogP contribution in [-0.4, -0.2) is 0 Å². The van der Waals surface area contributed by atoms with Crippen molar-refractivity contribution in [2.75, 3.05) is 5.73 Å². The van der Waals surface area contributed by atoms with Crippen molar-refractivity contribution in [3.8, 4) is 6.07 Å². The second-order valence-corrected chi connectivity index (χ2v) is 2.77. The van der Waals surface area contributed by atoms with Crippen molar-refractivity contribution in [1.82, 2.24) is 0 Å². The van der Waals surface area contributed by atoms with E-state index in [1.807, 2.05) is 18.2 Å². The van der Waals surface area contributed by atoms with Gasteiger partial charge in [0.25, 0.3) is 0 Å². The summed E-state index contributed by atoms with van der Waals surface area (Å²) in [4.78, 5) is 0. The van der Waals surface area contributed by atoms with E-state index < -0.39 is 0 Å². The zero-order chi connectivity index (χ0) is 8.27. The van der Waals surface area contributed by atoms with E-state index >= 15 is 0 Å². The summed E-state index contributed by atoms with van der Waals surface area (Å²) < 4.78 is 0. The zero-order valence-electron chi connectivity index (χ0n) is 5.84. The van der Waals surface area contributed by atoms with Crippen LogP contribution in [0.4, 0.5) is 5.69 Å². The maximum Gasteiger partial charge on any atom is 0.0992 e. The van der Waals surface area contributed by atoms with Crippen molar-refractivity contribution >= 4 is 21.6 Å². The highest BCUT2D eigenvalue weighted by Gasteiger charge is 1.95. The van der Waals surface area contributed by atoms with Crippen LogP contribution >= 0.6 is 15.9 Å². The van der Waals surface area contributed by atoms with Crippen LogP contribution in [0, 0.1) is 11.3 Å². The van der Waals surface area contributed by atoms with E-state index in [1.54, 1.807) is 6.07 Å². The summed E-state index contributed by atoms with van der Waals surface area (Å²) >= 11 is 3.29. The Morgan fingerprint density at radius 1 is 1.45 bits per heavy atom. The second kappa shape index (κ2) is 3.40. The standard InChI is InChI=1S/C8H7BrN2/c9-4-6-1-7(5-10)3-8(11)2-6/h1-3H,4,11H2. The van der Waals surface area contributed by atoms with Crippen molar-refractivity contribution in [3.05, 3.63) is 29.3 Å². The Morgan fingerprint density at radius 3 is 2.73 bits per heavy atom. The maximum absolute atomic E-state index is 8.56. The monoisotopic (exact) mass is 210 g/mol. The molecule has 2 N–H and O–H groups in total. The van der Waals surface area contributed by atoms with Crippen molar-refractivity contribution < 1.29 is 0 Å². The molecule has 0 saturated heterocycles. The lowest BCUT2D eigenvalue weighted by Crippen LogP contribution is -1.88. The molecule has 1 aromatic carbocycles. The molecule has 0 fully saturated rings. The van der Waals surface area contributed by atoms with Gasteiger partial charge in [0.2, 0.25) is 0 Å². The molecule has 0 aliphatic carbocycles. The lowest BCUT2D eigenvalue weighted by atomic mass is 10.1. The molecule has 0 unspecified atom stereocenters. The molecule has 0 spiro atoms. The topological polar surface area (TPSA) is 49.8 Å². The van der Waals surface area contributed by atoms with Crippen molar-refractivity contribution in [3.63, 3.8) is 0 Å². The van der Waals surface area contributed by atoms with Gasteiger partial charge in [-0.25, -0.2) is 0 Å². The number of nitrogens with zero attached hydrogens (tertiary/aromatic N) is 1. The molecule has 11 heavy (non-hydrogen) atoms. The Labute approximate surface area is 73.8 Å². The fourth-order valence-corrected chi connectivity index (χ4v) is 1.18. The van der Waals surface area contributed by atoms with Crippen LogP contribution in [-0.2, 0) is 5.33 Å². The molecule has 3 heteroatoms. The third kappa shape index (κ3) is 1.95. The summed E-state index contributed by atoms with van der Waals surface area (Å²) in [6.45, 7) is 0. The first-order valence-corrected chi connectivity index (χ1v) is 4.24. The lowest BCUT2D eigenvalue weighted by Gasteiger charge is -1.98. The third-order valence-electron chi connectivity index (χ3n) is 1.30. The van der Waals surface area contributed by atoms with Crippen molar-refractivity contribution in [1.29, 1.82) is 5.26 Å². The summed E-state index contributed by atoms with van der Waals surface area (Å²) in [5, 5.41) is 9.29. The molecule has 0 heterocycles. The summed E-state index contributed by atoms with van der Waals surface area (Å²) in [7, 11) is 0. The predicted molar refractivity (Wildman–Crippen MR) is 48.2 cm³/mol. The Balaban J connectivity index is 3.15. The minimum atomic E-state index is 0.611. The number of nitrogens with two attached hydrogens (primary N) is 1. The van der Waals surface area contributed by atoms with Gasteiger partial charge in [0.05, 0.1) is 11.6 Å². The molecular weight excluding hydrogens is 204 g/mol. The van der Waals surface area contributed by atoms with Crippen LogP contribution in [0.3, 0.4) is 0 Å². The first kappa shape index (κ1) is 8.09. The highest BCUT2D eigenvalue weighted by Crippen LogP contribution is 2.13. The van der Waals surface area contributed by atoms with E-state index in [1.165, 1.54) is 0 Å². The lowest BCUT2D eigenvalue weighted by molar-refractivity contribution is 1.40. The molecule has 1 aromatic rings. The molecular formula is C8H7BrN2. The SMILES string of the molecule is N#Cc1cc(N)cc(CBr)c1. The van der Waals surface area contributed by atoms with Crippen molar-refractivity contribution in [2.45, 2.75) is 5.33 Å². The van der Waals surface area contributed by atoms with Crippen LogP contribution in [0.5, 0.6) is 0 Å². The summed E-state index contributed by atoms with van der Waals surface area (Å²) in [6.07, 6.45) is 0. The largest absolute Gasteiger partial charge is 0.399 e. The van der Waals surface area contributed by atoms with Crippen LogP contribution in [0.15, 0.2) is 18.2 Å². The van der Waals surface area contributed by atoms with Crippen LogP contribution in [0.1, 0.15) is 11.1 Å². The molecule has 2 nitrogen and oxygen atoms in total. The fraction of sp³-hybridized carbons (Fsp3) is 0.125. The van der Waals surface area contributed by atoms with E-state index in [9.17, 15) is 0 Å². The first-order chi connectivity index (χ1) is 5.26. The van der Waals surface area contributed by atoms with Gasteiger partial charge in [-0.1, -0.05) is 15.9 Å². The first-order valence-electron chi connectivity index (χ1n) is 3.12. The number of nitrogen functional groups attached to an aromatic ring is 1. The molecule has 0 saturated carbocycles. The van der Waals surface area contributed by atoms with Gasteiger partial charge in [0, 0.05) is 11.0 Å². The molecule has 0 radical (unpaired) electrons. The minimum absolute atomic E-state index is 0.611. The molecule has 0 atom stereocenters. The van der Waals surface area contributed by atoms with E-state index in [2.05, 4.69) is 15.9 Å². The average Bonchev–Trinajstić information content (AvgIpc) is 2.03. The van der Waals surface area contributed by atoms with Crippen LogP contribution in [0.25, 0.3) is 0 Å². The van der Waals surface area contributed by atoms with E-state index in [4.69, 9.17) is 11.0 Å². The summed E-state index contributed by atoms with van der Waals surface area (Å²) in [5.74, 6) is 0. The Morgan fingerprint density at radius 2 is 2.18 bits per heavy atom. The summed E-state index contributed by atoms with van der Waals surface area (Å²) in [5.41, 5.74) is 7.82. The van der Waals surface area contributed by atoms with E-state index in [0.29, 0.717) is 11.3 Å². The smallest absolute Gasteiger partial charge is 0.0992 e. The summed E-state index contributed by atoms with van der Waals surface area (Å²) in [6, 6.07) is 7.35. The fourth-order valence-electron chi connectivity index (χ4n) is 0.860. The number of hydrogen-bond acceptors (Lipinski definition) is 2. The Bertz CT molecular complexity index is 301. The Kier molecular flexibility index (Phi) is 2.50. The normalized spacial score (nSPS) is 9.09. The third-order valence-corrected chi connectivity index (χ3v) is 1.95. The minimum Gasteiger partial charge on any atom is -0.399 e. The van der Waals surface area contributed by atoms with Crippen molar-refractivity contribution in [2.24, 2.45) is 0 Å². The Hall–Kier alpha value is -1.01. The van der Waals surface area contributed by atoms with Gasteiger partial charge in [-0.05, 0) is 23.8 Å². The predicted octanol–water partition coefficient (Wildman–Crippen LogP) is 2.04. The van der Waals surface area contributed by atoms with E-state index in [-0.39, 0.29) is 0 Å². The molecule has 0 amide bonds. The van der Waals surface area contributed by atoms with Crippen LogP contribution in [0.2, 0.25) is 0 Å². The number of hydrogen-bond donors (Lipinski definition) is 1. The van der Waals surface area contributed by atoms with Gasteiger partial charge in [-0.2, -0.15) is 5.26 Å². The average molecular weight is 211 g/mol. The molecule has 56 valence electrons. The number of nitriles is 1. The highest BCUT2D eigenvalue weighted by molar-refractivity contribution is 9.08. The second-order valence-electron chi connectivity index (χ2n) is 2.21. The highest BCUT2D eigenvalue weighted by atomic mass is 79.9. The zero-order valence-corrected chi connectivity index (χ0v) is 7.43. The molecule has 0 aromatic heterocycles. The number of benzene rings is 1. The van der Waals surface area contributed by atoms with E-state index in [0.717, 1.165) is 10.9 Å². The number of anilines is 1. The number of halogens is 1. The number of alkyl halides is 1. The quantitative estimate of drug-likeness (QED) is 0.570. The van der Waals surface area contributed by atoms with Crippen LogP contribution < -0.4 is 5.73 Å². The molecule has 0 aliphatic heterocycles. The van der Waals surface area contributed by atoms with Gasteiger partial charge >= 0.3 is 0 Å². The van der Waals surface area contributed by atoms with Gasteiger partial charge in [0.1, 0.15) is 0 Å². The van der Waals surface area contributed by atoms with Gasteiger partial charge in [-0.15, -0.1) is 0 Å². The molecule has 0 bridgehead atoms. The molecule has 0 aliphatic rings. The molecule has 1 rings (SSSR count). The van der Waals surface area contributed by atoms with Gasteiger partial charge in [-0.3, -0.25) is 0 Å². The van der Waals surface area contributed by atoms with Gasteiger partial charge < -0.3 is 5.73 Å². The maximum atomic E-state index is 8.56. The number of rotatable bonds is 1. The van der Waals surface area contributed by atoms with Gasteiger partial charge in [0.15, 0.2) is 0 Å².